The van der Waals surface area contributed by atoms with Crippen LogP contribution in [0.4, 0.5) is 5.82 Å². The van der Waals surface area contributed by atoms with E-state index < -0.39 is 0 Å². The molecule has 2 heterocycles. The van der Waals surface area contributed by atoms with Crippen LogP contribution in [0.15, 0.2) is 17.0 Å². The minimum Gasteiger partial charge on any atom is -0.378 e. The van der Waals surface area contributed by atoms with Gasteiger partial charge in [0, 0.05) is 20.2 Å². The largest absolute Gasteiger partial charge is 0.378 e. The minimum absolute atomic E-state index is 0.425. The number of hydrogen-bond acceptors (Lipinski definition) is 5. The van der Waals surface area contributed by atoms with Crippen LogP contribution in [0.2, 0.25) is 0 Å². The van der Waals surface area contributed by atoms with Crippen molar-refractivity contribution in [2.45, 2.75) is 27.0 Å². The molecule has 2 aromatic rings. The molecule has 20 heavy (non-hydrogen) atoms. The normalized spacial score (nSPS) is 10.8. The number of imidazole rings is 1. The number of ether oxygens (including phenoxy) is 1. The van der Waals surface area contributed by atoms with E-state index in [1.807, 2.05) is 11.5 Å². The van der Waals surface area contributed by atoms with Crippen LogP contribution in [0.5, 0.6) is 0 Å². The Morgan fingerprint density at radius 1 is 1.35 bits per heavy atom. The number of aryl methyl sites for hydroxylation is 1. The van der Waals surface area contributed by atoms with Gasteiger partial charge in [0.25, 0.3) is 0 Å². The lowest BCUT2D eigenvalue weighted by atomic mass is 10.3. The van der Waals surface area contributed by atoms with Crippen molar-refractivity contribution in [2.75, 3.05) is 19.0 Å². The predicted molar refractivity (Wildman–Crippen MR) is 81.5 cm³/mol. The lowest BCUT2D eigenvalue weighted by Gasteiger charge is -2.12. The highest BCUT2D eigenvalue weighted by Gasteiger charge is 2.15. The van der Waals surface area contributed by atoms with Gasteiger partial charge in [-0.05, 0) is 29.8 Å². The second-order valence-corrected chi connectivity index (χ2v) is 4.98. The van der Waals surface area contributed by atoms with Crippen molar-refractivity contribution in [1.82, 2.24) is 19.5 Å². The number of nitrogens with one attached hydrogen (secondary N) is 1. The summed E-state index contributed by atoms with van der Waals surface area (Å²) in [5.41, 5.74) is 1.72. The van der Waals surface area contributed by atoms with Gasteiger partial charge >= 0.3 is 0 Å². The molecule has 1 N–H and O–H groups in total. The Hall–Kier alpha value is -1.47. The summed E-state index contributed by atoms with van der Waals surface area (Å²) in [4.78, 5) is 13.3. The van der Waals surface area contributed by atoms with Crippen LogP contribution in [0, 0.1) is 0 Å². The Kier molecular flexibility index (Phi) is 5.08. The van der Waals surface area contributed by atoms with E-state index in [2.05, 4.69) is 43.1 Å². The number of methoxy groups -OCH3 is 1. The second-order valence-electron chi connectivity index (χ2n) is 4.18. The third kappa shape index (κ3) is 2.99. The molecule has 0 aromatic carbocycles. The maximum Gasteiger partial charge on any atom is 0.180 e. The standard InChI is InChI=1S/C13H18BrN5O/c1-4-16-13-11(14)9(7-20-3)17-12(18-13)10-6-15-8-19(10)5-2/h6,8H,4-5,7H2,1-3H3,(H,16,17,18). The molecule has 0 aliphatic rings. The molecule has 7 heteroatoms. The van der Waals surface area contributed by atoms with Gasteiger partial charge in [-0.25, -0.2) is 15.0 Å². The van der Waals surface area contributed by atoms with Crippen LogP contribution in [0.1, 0.15) is 19.5 Å². The Labute approximate surface area is 126 Å². The summed E-state index contributed by atoms with van der Waals surface area (Å²) < 4.78 is 8.05. The molecule has 0 spiro atoms. The number of hydrogen-bond donors (Lipinski definition) is 1. The van der Waals surface area contributed by atoms with E-state index in [0.717, 1.165) is 34.8 Å². The molecule has 0 saturated carbocycles. The van der Waals surface area contributed by atoms with E-state index in [4.69, 9.17) is 4.74 Å². The Morgan fingerprint density at radius 3 is 2.80 bits per heavy atom. The molecule has 6 nitrogen and oxygen atoms in total. The molecular formula is C13H18BrN5O. The average molecular weight is 340 g/mol. The predicted octanol–water partition coefficient (Wildman–Crippen LogP) is 2.70. The van der Waals surface area contributed by atoms with Gasteiger partial charge in [-0.1, -0.05) is 0 Å². The van der Waals surface area contributed by atoms with Crippen LogP contribution < -0.4 is 5.32 Å². The van der Waals surface area contributed by atoms with Crippen LogP contribution >= 0.6 is 15.9 Å². The van der Waals surface area contributed by atoms with Crippen LogP contribution in [-0.4, -0.2) is 33.2 Å². The fourth-order valence-electron chi connectivity index (χ4n) is 1.88. The molecule has 0 fully saturated rings. The Balaban J connectivity index is 2.52. The molecule has 0 bridgehead atoms. The zero-order valence-electron chi connectivity index (χ0n) is 11.9. The Bertz CT molecular complexity index is 557. The van der Waals surface area contributed by atoms with E-state index in [9.17, 15) is 0 Å². The van der Waals surface area contributed by atoms with Crippen molar-refractivity contribution in [3.05, 3.63) is 22.7 Å². The first-order chi connectivity index (χ1) is 9.71. The van der Waals surface area contributed by atoms with Gasteiger partial charge in [0.05, 0.1) is 29.3 Å². The first kappa shape index (κ1) is 14.9. The summed E-state index contributed by atoms with van der Waals surface area (Å²) in [5, 5.41) is 3.23. The number of rotatable bonds is 6. The summed E-state index contributed by atoms with van der Waals surface area (Å²) in [6.07, 6.45) is 3.56. The number of aromatic nitrogens is 4. The fraction of sp³-hybridized carbons (Fsp3) is 0.462. The van der Waals surface area contributed by atoms with Gasteiger partial charge in [-0.2, -0.15) is 0 Å². The monoisotopic (exact) mass is 339 g/mol. The van der Waals surface area contributed by atoms with Crippen LogP contribution in [0.25, 0.3) is 11.5 Å². The molecular weight excluding hydrogens is 322 g/mol. The van der Waals surface area contributed by atoms with E-state index in [-0.39, 0.29) is 0 Å². The molecule has 0 aliphatic heterocycles. The van der Waals surface area contributed by atoms with Crippen molar-refractivity contribution < 1.29 is 4.74 Å². The average Bonchev–Trinajstić information content (AvgIpc) is 2.92. The molecule has 0 unspecified atom stereocenters. The first-order valence-corrected chi connectivity index (χ1v) is 7.30. The van der Waals surface area contributed by atoms with Crippen molar-refractivity contribution in [3.63, 3.8) is 0 Å². The summed E-state index contributed by atoms with van der Waals surface area (Å²) in [5.74, 6) is 1.42. The highest BCUT2D eigenvalue weighted by molar-refractivity contribution is 9.10. The van der Waals surface area contributed by atoms with E-state index in [1.165, 1.54) is 0 Å². The summed E-state index contributed by atoms with van der Waals surface area (Å²) in [6, 6.07) is 0. The third-order valence-electron chi connectivity index (χ3n) is 2.83. The highest BCUT2D eigenvalue weighted by Crippen LogP contribution is 2.27. The van der Waals surface area contributed by atoms with Crippen molar-refractivity contribution in [1.29, 1.82) is 0 Å². The molecule has 0 atom stereocenters. The number of anilines is 1. The van der Waals surface area contributed by atoms with Crippen LogP contribution in [-0.2, 0) is 17.9 Å². The topological polar surface area (TPSA) is 64.9 Å². The smallest absolute Gasteiger partial charge is 0.180 e. The molecule has 0 aliphatic carbocycles. The molecule has 2 rings (SSSR count). The zero-order valence-corrected chi connectivity index (χ0v) is 13.4. The van der Waals surface area contributed by atoms with Gasteiger partial charge in [0.1, 0.15) is 11.5 Å². The van der Waals surface area contributed by atoms with E-state index >= 15 is 0 Å². The minimum atomic E-state index is 0.425. The molecule has 0 radical (unpaired) electrons. The second kappa shape index (κ2) is 6.81. The van der Waals surface area contributed by atoms with E-state index in [0.29, 0.717) is 12.4 Å². The van der Waals surface area contributed by atoms with E-state index in [1.54, 1.807) is 19.6 Å². The lowest BCUT2D eigenvalue weighted by Crippen LogP contribution is -2.08. The fourth-order valence-corrected chi connectivity index (χ4v) is 2.32. The highest BCUT2D eigenvalue weighted by atomic mass is 79.9. The van der Waals surface area contributed by atoms with Gasteiger partial charge in [-0.3, -0.25) is 0 Å². The quantitative estimate of drug-likeness (QED) is 0.876. The number of halogens is 1. The molecule has 0 saturated heterocycles. The van der Waals surface area contributed by atoms with Crippen molar-refractivity contribution in [3.8, 4) is 11.5 Å². The third-order valence-corrected chi connectivity index (χ3v) is 3.66. The van der Waals surface area contributed by atoms with Gasteiger partial charge in [0.15, 0.2) is 5.82 Å². The summed E-state index contributed by atoms with van der Waals surface area (Å²) in [6.45, 7) is 6.13. The van der Waals surface area contributed by atoms with Crippen molar-refractivity contribution >= 4 is 21.7 Å². The van der Waals surface area contributed by atoms with Crippen molar-refractivity contribution in [2.24, 2.45) is 0 Å². The maximum absolute atomic E-state index is 5.20. The first-order valence-electron chi connectivity index (χ1n) is 6.50. The summed E-state index contributed by atoms with van der Waals surface area (Å²) in [7, 11) is 1.65. The molecule has 108 valence electrons. The maximum atomic E-state index is 5.20. The molecule has 0 amide bonds. The Morgan fingerprint density at radius 2 is 2.15 bits per heavy atom. The van der Waals surface area contributed by atoms with Gasteiger partial charge in [0.2, 0.25) is 0 Å². The lowest BCUT2D eigenvalue weighted by molar-refractivity contribution is 0.181. The van der Waals surface area contributed by atoms with Gasteiger partial charge in [-0.15, -0.1) is 0 Å². The van der Waals surface area contributed by atoms with Gasteiger partial charge < -0.3 is 14.6 Å². The summed E-state index contributed by atoms with van der Waals surface area (Å²) >= 11 is 3.53. The SMILES string of the molecule is CCNc1nc(-c2cncn2CC)nc(COC)c1Br. The number of nitrogens with zero attached hydrogens (tertiary/aromatic N) is 4. The van der Waals surface area contributed by atoms with Crippen LogP contribution in [0.3, 0.4) is 0 Å². The molecule has 2 aromatic heterocycles. The zero-order chi connectivity index (χ0) is 14.5.